The van der Waals surface area contributed by atoms with Gasteiger partial charge in [-0.3, -0.25) is 9.59 Å². The van der Waals surface area contributed by atoms with Gasteiger partial charge >= 0.3 is 0 Å². The van der Waals surface area contributed by atoms with E-state index in [9.17, 15) is 22.4 Å². The molecule has 0 bridgehead atoms. The molecule has 2 aliphatic rings. The van der Waals surface area contributed by atoms with Crippen molar-refractivity contribution in [1.29, 1.82) is 0 Å². The molecule has 2 aliphatic heterocycles. The van der Waals surface area contributed by atoms with E-state index in [1.165, 1.54) is 21.3 Å². The van der Waals surface area contributed by atoms with E-state index in [0.29, 0.717) is 41.5 Å². The first-order valence-electron chi connectivity index (χ1n) is 11.4. The van der Waals surface area contributed by atoms with Crippen molar-refractivity contribution in [2.45, 2.75) is 50.8 Å². The molecule has 34 heavy (non-hydrogen) atoms. The van der Waals surface area contributed by atoms with Crippen LogP contribution in [0.15, 0.2) is 41.3 Å². The van der Waals surface area contributed by atoms with Crippen LogP contribution in [-0.2, 0) is 25.0 Å². The minimum atomic E-state index is -3.68. The number of aryl methyl sites for hydroxylation is 1. The number of rotatable bonds is 5. The van der Waals surface area contributed by atoms with Crippen LogP contribution in [0.2, 0.25) is 0 Å². The Kier molecular flexibility index (Phi) is 6.29. The maximum absolute atomic E-state index is 13.8. The van der Waals surface area contributed by atoms with Crippen LogP contribution in [0.3, 0.4) is 0 Å². The van der Waals surface area contributed by atoms with Gasteiger partial charge in [0, 0.05) is 24.5 Å². The molecule has 4 rings (SSSR count). The molecule has 0 saturated carbocycles. The number of carbonyl (C=O) groups excluding carboxylic acids is 2. The van der Waals surface area contributed by atoms with E-state index < -0.39 is 27.2 Å². The molecular formula is C25H30FN3O4S. The number of nitrogens with one attached hydrogen (secondary N) is 1. The number of benzene rings is 2. The smallest absolute Gasteiger partial charge is 0.244 e. The van der Waals surface area contributed by atoms with Crippen molar-refractivity contribution in [3.63, 3.8) is 0 Å². The second-order valence-corrected chi connectivity index (χ2v) is 11.8. The molecule has 7 nitrogen and oxygen atoms in total. The first kappa shape index (κ1) is 24.3. The summed E-state index contributed by atoms with van der Waals surface area (Å²) < 4.78 is 41.9. The molecule has 0 aromatic heterocycles. The predicted molar refractivity (Wildman–Crippen MR) is 129 cm³/mol. The number of sulfonamides is 1. The SMILES string of the molecule is Cc1ccc(NC(=O)CN2C(=O)C(C)(C)c3cc(S(=O)(=O)N4CCCC(C)C4)ccc32)cc1F. The number of halogens is 1. The molecule has 2 amide bonds. The van der Waals surface area contributed by atoms with Crippen molar-refractivity contribution in [1.82, 2.24) is 4.31 Å². The first-order chi connectivity index (χ1) is 15.9. The molecule has 2 aromatic carbocycles. The Morgan fingerprint density at radius 3 is 2.62 bits per heavy atom. The molecule has 1 atom stereocenters. The van der Waals surface area contributed by atoms with E-state index in [0.717, 1.165) is 12.8 Å². The lowest BCUT2D eigenvalue weighted by Crippen LogP contribution is -2.40. The molecule has 2 heterocycles. The van der Waals surface area contributed by atoms with Crippen LogP contribution in [0.4, 0.5) is 15.8 Å². The third-order valence-electron chi connectivity index (χ3n) is 6.73. The Bertz CT molecular complexity index is 1260. The number of hydrogen-bond donors (Lipinski definition) is 1. The van der Waals surface area contributed by atoms with Crippen molar-refractivity contribution < 1.29 is 22.4 Å². The molecule has 1 fully saturated rings. The van der Waals surface area contributed by atoms with Gasteiger partial charge in [0.1, 0.15) is 12.4 Å². The van der Waals surface area contributed by atoms with Gasteiger partial charge in [-0.15, -0.1) is 0 Å². The van der Waals surface area contributed by atoms with E-state index in [4.69, 9.17) is 0 Å². The highest BCUT2D eigenvalue weighted by atomic mass is 32.2. The fraction of sp³-hybridized carbons (Fsp3) is 0.440. The van der Waals surface area contributed by atoms with Gasteiger partial charge in [-0.25, -0.2) is 12.8 Å². The van der Waals surface area contributed by atoms with Crippen molar-refractivity contribution in [2.24, 2.45) is 5.92 Å². The minimum absolute atomic E-state index is 0.155. The normalized spacial score (nSPS) is 20.3. The van der Waals surface area contributed by atoms with Crippen molar-refractivity contribution >= 4 is 33.2 Å². The van der Waals surface area contributed by atoms with Crippen LogP contribution in [0, 0.1) is 18.7 Å². The number of amides is 2. The summed E-state index contributed by atoms with van der Waals surface area (Å²) in [6, 6.07) is 9.06. The summed E-state index contributed by atoms with van der Waals surface area (Å²) in [5.74, 6) is -0.904. The summed E-state index contributed by atoms with van der Waals surface area (Å²) >= 11 is 0. The van der Waals surface area contributed by atoms with Crippen LogP contribution < -0.4 is 10.2 Å². The van der Waals surface area contributed by atoms with Gasteiger partial charge in [-0.1, -0.05) is 13.0 Å². The Morgan fingerprint density at radius 2 is 1.94 bits per heavy atom. The zero-order chi connectivity index (χ0) is 24.8. The molecule has 9 heteroatoms. The number of carbonyl (C=O) groups is 2. The maximum Gasteiger partial charge on any atom is 0.244 e. The Balaban J connectivity index is 1.59. The van der Waals surface area contributed by atoms with Gasteiger partial charge in [-0.05, 0) is 81.0 Å². The first-order valence-corrected chi connectivity index (χ1v) is 12.9. The highest BCUT2D eigenvalue weighted by molar-refractivity contribution is 7.89. The molecule has 0 spiro atoms. The standard InChI is InChI=1S/C25H30FN3O4S/c1-16-6-5-11-28(14-16)34(32,33)19-9-10-22-20(13-19)25(3,4)24(31)29(22)15-23(30)27-18-8-7-17(2)21(26)12-18/h7-10,12-13,16H,5-6,11,14-15H2,1-4H3,(H,27,30). The van der Waals surface area contributed by atoms with Gasteiger partial charge < -0.3 is 10.2 Å². The summed E-state index contributed by atoms with van der Waals surface area (Å²) in [4.78, 5) is 27.4. The van der Waals surface area contributed by atoms with Crippen molar-refractivity contribution in [3.8, 4) is 0 Å². The van der Waals surface area contributed by atoms with Crippen molar-refractivity contribution in [3.05, 3.63) is 53.3 Å². The van der Waals surface area contributed by atoms with E-state index in [-0.39, 0.29) is 17.3 Å². The van der Waals surface area contributed by atoms with Crippen LogP contribution in [-0.4, -0.2) is 44.2 Å². The maximum atomic E-state index is 13.8. The highest BCUT2D eigenvalue weighted by Crippen LogP contribution is 2.43. The van der Waals surface area contributed by atoms with Crippen LogP contribution in [0.5, 0.6) is 0 Å². The Hall–Kier alpha value is -2.78. The number of anilines is 2. The molecule has 1 N–H and O–H groups in total. The topological polar surface area (TPSA) is 86.8 Å². The third kappa shape index (κ3) is 4.34. The second-order valence-electron chi connectivity index (χ2n) is 9.82. The molecule has 182 valence electrons. The minimum Gasteiger partial charge on any atom is -0.324 e. The van der Waals surface area contributed by atoms with Gasteiger partial charge in [0.15, 0.2) is 0 Å². The van der Waals surface area contributed by atoms with Crippen LogP contribution >= 0.6 is 0 Å². The average molecular weight is 488 g/mol. The largest absolute Gasteiger partial charge is 0.324 e. The van der Waals surface area contributed by atoms with Crippen LogP contribution in [0.25, 0.3) is 0 Å². The van der Waals surface area contributed by atoms with Gasteiger partial charge in [0.05, 0.1) is 10.3 Å². The summed E-state index contributed by atoms with van der Waals surface area (Å²) in [5, 5.41) is 2.62. The molecule has 1 saturated heterocycles. The molecular weight excluding hydrogens is 457 g/mol. The zero-order valence-electron chi connectivity index (χ0n) is 19.9. The highest BCUT2D eigenvalue weighted by Gasteiger charge is 2.45. The molecule has 0 radical (unpaired) electrons. The van der Waals surface area contributed by atoms with Gasteiger partial charge in [0.25, 0.3) is 0 Å². The lowest BCUT2D eigenvalue weighted by Gasteiger charge is -2.30. The number of hydrogen-bond acceptors (Lipinski definition) is 4. The second kappa shape index (κ2) is 8.78. The molecule has 2 aromatic rings. The Labute approximate surface area is 200 Å². The average Bonchev–Trinajstić information content (AvgIpc) is 2.96. The van der Waals surface area contributed by atoms with E-state index in [1.807, 2.05) is 6.92 Å². The van der Waals surface area contributed by atoms with E-state index in [2.05, 4.69) is 5.32 Å². The fourth-order valence-electron chi connectivity index (χ4n) is 4.66. The van der Waals surface area contributed by atoms with Gasteiger partial charge in [-0.2, -0.15) is 4.31 Å². The number of fused-ring (bicyclic) bond motifs is 1. The quantitative estimate of drug-likeness (QED) is 0.695. The molecule has 1 unspecified atom stereocenters. The summed E-state index contributed by atoms with van der Waals surface area (Å²) in [6.45, 7) is 7.82. The summed E-state index contributed by atoms with van der Waals surface area (Å²) in [6.07, 6.45) is 1.83. The summed E-state index contributed by atoms with van der Waals surface area (Å²) in [7, 11) is -3.68. The monoisotopic (exact) mass is 487 g/mol. The van der Waals surface area contributed by atoms with Crippen LogP contribution in [0.1, 0.15) is 44.7 Å². The summed E-state index contributed by atoms with van der Waals surface area (Å²) in [5.41, 5.74) is 0.848. The van der Waals surface area contributed by atoms with E-state index in [1.54, 1.807) is 45.0 Å². The number of piperidine rings is 1. The Morgan fingerprint density at radius 1 is 1.21 bits per heavy atom. The zero-order valence-corrected chi connectivity index (χ0v) is 20.7. The predicted octanol–water partition coefficient (Wildman–Crippen LogP) is 3.82. The van der Waals surface area contributed by atoms with Gasteiger partial charge in [0.2, 0.25) is 21.8 Å². The van der Waals surface area contributed by atoms with E-state index >= 15 is 0 Å². The lowest BCUT2D eigenvalue weighted by molar-refractivity contribution is -0.124. The van der Waals surface area contributed by atoms with Crippen molar-refractivity contribution in [2.75, 3.05) is 29.9 Å². The number of nitrogens with zero attached hydrogens (tertiary/aromatic N) is 2. The fourth-order valence-corrected chi connectivity index (χ4v) is 6.28. The third-order valence-corrected chi connectivity index (χ3v) is 8.59. The lowest BCUT2D eigenvalue weighted by atomic mass is 9.86. The molecule has 0 aliphatic carbocycles.